The quantitative estimate of drug-likeness (QED) is 0.554. The number of nitrogens with one attached hydrogen (secondary N) is 1. The molecule has 0 atom stereocenters. The molecule has 1 aromatic heterocycles. The molecule has 2 amide bonds. The lowest BCUT2D eigenvalue weighted by Gasteiger charge is -2.31. The van der Waals surface area contributed by atoms with Gasteiger partial charge in [0.05, 0.1) is 18.2 Å². The lowest BCUT2D eigenvalue weighted by Crippen LogP contribution is -2.38. The van der Waals surface area contributed by atoms with Crippen LogP contribution in [0.4, 0.5) is 18.9 Å². The van der Waals surface area contributed by atoms with Gasteiger partial charge in [-0.05, 0) is 49.2 Å². The van der Waals surface area contributed by atoms with Crippen molar-refractivity contribution in [3.63, 3.8) is 0 Å². The molecule has 178 valence electrons. The van der Waals surface area contributed by atoms with Crippen molar-refractivity contribution < 1.29 is 27.5 Å². The molecule has 1 fully saturated rings. The van der Waals surface area contributed by atoms with Crippen molar-refractivity contribution >= 4 is 28.8 Å². The summed E-state index contributed by atoms with van der Waals surface area (Å²) in [5.74, 6) is -0.377. The fraction of sp³-hybridized carbons (Fsp3) is 0.304. The average molecular weight is 491 g/mol. The van der Waals surface area contributed by atoms with Crippen LogP contribution in [0, 0.1) is 0 Å². The third kappa shape index (κ3) is 5.19. The summed E-state index contributed by atoms with van der Waals surface area (Å²) in [7, 11) is 1.55. The summed E-state index contributed by atoms with van der Waals surface area (Å²) in [4.78, 5) is 26.7. The second-order valence-corrected chi connectivity index (χ2v) is 8.75. The van der Waals surface area contributed by atoms with Crippen molar-refractivity contribution in [2.24, 2.45) is 0 Å². The molecule has 1 aliphatic rings. The van der Waals surface area contributed by atoms with Crippen molar-refractivity contribution in [1.29, 1.82) is 0 Å². The number of carbonyl (C=O) groups is 2. The van der Waals surface area contributed by atoms with Crippen LogP contribution >= 0.6 is 11.3 Å². The van der Waals surface area contributed by atoms with Crippen LogP contribution in [-0.4, -0.2) is 47.1 Å². The third-order valence-electron chi connectivity index (χ3n) is 5.58. The van der Waals surface area contributed by atoms with Gasteiger partial charge in [-0.25, -0.2) is 0 Å². The summed E-state index contributed by atoms with van der Waals surface area (Å²) in [5.41, 5.74) is -0.686. The summed E-state index contributed by atoms with van der Waals surface area (Å²) < 4.78 is 44.9. The van der Waals surface area contributed by atoms with E-state index in [2.05, 4.69) is 15.5 Å². The molecule has 34 heavy (non-hydrogen) atoms. The molecule has 1 aliphatic heterocycles. The summed E-state index contributed by atoms with van der Waals surface area (Å²) in [6, 6.07) is 11.7. The Kier molecular flexibility index (Phi) is 6.82. The number of nitrogens with zero attached hydrogens (tertiary/aromatic N) is 3. The van der Waals surface area contributed by atoms with Crippen LogP contribution in [0.2, 0.25) is 0 Å². The van der Waals surface area contributed by atoms with Crippen LogP contribution in [-0.2, 0) is 6.18 Å². The van der Waals surface area contributed by atoms with Crippen molar-refractivity contribution in [1.82, 2.24) is 15.1 Å². The highest BCUT2D eigenvalue weighted by atomic mass is 32.1. The number of hydrogen-bond acceptors (Lipinski definition) is 6. The number of alkyl halides is 3. The molecule has 1 saturated heterocycles. The number of carbonyl (C=O) groups excluding carboxylic acids is 2. The molecule has 3 aromatic rings. The monoisotopic (exact) mass is 490 g/mol. The fourth-order valence-electron chi connectivity index (χ4n) is 3.77. The molecule has 2 aromatic carbocycles. The van der Waals surface area contributed by atoms with E-state index >= 15 is 0 Å². The SMILES string of the molecule is COc1ccc(NC(=O)c2nnc(C3CCN(C(=O)c4ccccc4C(F)(F)F)CC3)s2)cc1. The highest BCUT2D eigenvalue weighted by Gasteiger charge is 2.36. The molecule has 0 spiro atoms. The number of halogens is 3. The minimum atomic E-state index is -4.60. The highest BCUT2D eigenvalue weighted by molar-refractivity contribution is 7.13. The summed E-state index contributed by atoms with van der Waals surface area (Å²) in [6.07, 6.45) is -3.55. The zero-order chi connectivity index (χ0) is 24.3. The van der Waals surface area contributed by atoms with Crippen LogP contribution in [0.25, 0.3) is 0 Å². The van der Waals surface area contributed by atoms with Gasteiger partial charge in [0, 0.05) is 24.7 Å². The van der Waals surface area contributed by atoms with E-state index < -0.39 is 17.6 Å². The van der Waals surface area contributed by atoms with Crippen LogP contribution in [0.5, 0.6) is 5.75 Å². The first-order chi connectivity index (χ1) is 16.3. The number of piperidine rings is 1. The molecule has 0 radical (unpaired) electrons. The first-order valence-corrected chi connectivity index (χ1v) is 11.3. The molecule has 11 heteroatoms. The number of amides is 2. The molecule has 7 nitrogen and oxygen atoms in total. The van der Waals surface area contributed by atoms with Crippen LogP contribution in [0.15, 0.2) is 48.5 Å². The zero-order valence-corrected chi connectivity index (χ0v) is 18.9. The van der Waals surface area contributed by atoms with E-state index in [-0.39, 0.29) is 22.4 Å². The van der Waals surface area contributed by atoms with Crippen molar-refractivity contribution in [2.75, 3.05) is 25.5 Å². The minimum Gasteiger partial charge on any atom is -0.497 e. The van der Waals surface area contributed by atoms with E-state index in [1.54, 1.807) is 31.4 Å². The van der Waals surface area contributed by atoms with Gasteiger partial charge in [0.1, 0.15) is 10.8 Å². The Morgan fingerprint density at radius 3 is 2.38 bits per heavy atom. The standard InChI is InChI=1S/C23H21F3N4O3S/c1-33-16-8-6-15(7-9-16)27-19(31)21-29-28-20(34-21)14-10-12-30(13-11-14)22(32)17-4-2-3-5-18(17)23(24,25)26/h2-9,14H,10-13H2,1H3,(H,27,31). The van der Waals surface area contributed by atoms with Gasteiger partial charge >= 0.3 is 6.18 Å². The molecule has 0 unspecified atom stereocenters. The number of anilines is 1. The Bertz CT molecular complexity index is 1170. The van der Waals surface area contributed by atoms with E-state index in [4.69, 9.17) is 4.74 Å². The second-order valence-electron chi connectivity index (χ2n) is 7.74. The number of methoxy groups -OCH3 is 1. The number of benzene rings is 2. The van der Waals surface area contributed by atoms with Gasteiger partial charge in [0.15, 0.2) is 0 Å². The van der Waals surface area contributed by atoms with Gasteiger partial charge in [0.25, 0.3) is 11.8 Å². The minimum absolute atomic E-state index is 0.0260. The molecule has 0 aliphatic carbocycles. The predicted molar refractivity (Wildman–Crippen MR) is 120 cm³/mol. The van der Waals surface area contributed by atoms with Gasteiger partial charge in [-0.1, -0.05) is 23.5 Å². The van der Waals surface area contributed by atoms with Crippen LogP contribution < -0.4 is 10.1 Å². The highest BCUT2D eigenvalue weighted by Crippen LogP contribution is 2.34. The number of hydrogen-bond donors (Lipinski definition) is 1. The molecular formula is C23H21F3N4O3S. The Balaban J connectivity index is 1.37. The molecular weight excluding hydrogens is 469 g/mol. The van der Waals surface area contributed by atoms with E-state index in [9.17, 15) is 22.8 Å². The number of rotatable bonds is 5. The van der Waals surface area contributed by atoms with E-state index in [1.165, 1.54) is 34.4 Å². The topological polar surface area (TPSA) is 84.4 Å². The predicted octanol–water partition coefficient (Wildman–Crippen LogP) is 4.84. The van der Waals surface area contributed by atoms with Crippen molar-refractivity contribution in [3.8, 4) is 5.75 Å². The Morgan fingerprint density at radius 1 is 1.06 bits per heavy atom. The lowest BCUT2D eigenvalue weighted by molar-refractivity contribution is -0.138. The van der Waals surface area contributed by atoms with E-state index in [0.29, 0.717) is 42.4 Å². The van der Waals surface area contributed by atoms with Gasteiger partial charge in [-0.15, -0.1) is 10.2 Å². The van der Waals surface area contributed by atoms with Crippen LogP contribution in [0.1, 0.15) is 49.5 Å². The second kappa shape index (κ2) is 9.80. The zero-order valence-electron chi connectivity index (χ0n) is 18.1. The van der Waals surface area contributed by atoms with Gasteiger partial charge in [0.2, 0.25) is 5.01 Å². The van der Waals surface area contributed by atoms with Gasteiger partial charge in [-0.3, -0.25) is 9.59 Å². The summed E-state index contributed by atoms with van der Waals surface area (Å²) >= 11 is 1.18. The molecule has 0 saturated carbocycles. The molecule has 2 heterocycles. The number of likely N-dealkylation sites (tertiary alicyclic amines) is 1. The van der Waals surface area contributed by atoms with Crippen LogP contribution in [0.3, 0.4) is 0 Å². The third-order valence-corrected chi connectivity index (χ3v) is 6.66. The Hall–Kier alpha value is -3.47. The lowest BCUT2D eigenvalue weighted by atomic mass is 9.96. The smallest absolute Gasteiger partial charge is 0.417 e. The summed E-state index contributed by atoms with van der Waals surface area (Å²) in [6.45, 7) is 0.589. The Labute approximate surface area is 197 Å². The van der Waals surface area contributed by atoms with Gasteiger partial charge < -0.3 is 15.0 Å². The Morgan fingerprint density at radius 2 is 1.74 bits per heavy atom. The molecule has 0 bridgehead atoms. The number of ether oxygens (including phenoxy) is 1. The molecule has 4 rings (SSSR count). The van der Waals surface area contributed by atoms with E-state index in [0.717, 1.165) is 6.07 Å². The van der Waals surface area contributed by atoms with Crippen molar-refractivity contribution in [2.45, 2.75) is 24.9 Å². The first kappa shape index (κ1) is 23.7. The maximum Gasteiger partial charge on any atom is 0.417 e. The normalized spacial score (nSPS) is 14.6. The maximum absolute atomic E-state index is 13.3. The first-order valence-electron chi connectivity index (χ1n) is 10.5. The fourth-order valence-corrected chi connectivity index (χ4v) is 4.67. The van der Waals surface area contributed by atoms with Crippen molar-refractivity contribution in [3.05, 3.63) is 69.7 Å². The maximum atomic E-state index is 13.3. The average Bonchev–Trinajstić information content (AvgIpc) is 3.34. The summed E-state index contributed by atoms with van der Waals surface area (Å²) in [5, 5.41) is 11.8. The molecule has 1 N–H and O–H groups in total. The van der Waals surface area contributed by atoms with Gasteiger partial charge in [-0.2, -0.15) is 13.2 Å². The largest absolute Gasteiger partial charge is 0.497 e. The van der Waals surface area contributed by atoms with E-state index in [1.807, 2.05) is 0 Å². The number of aromatic nitrogens is 2.